The number of hydrogen-bond donors (Lipinski definition) is 2. The van der Waals surface area contributed by atoms with Crippen LogP contribution in [0.25, 0.3) is 16.6 Å². The topological polar surface area (TPSA) is 93.2 Å². The fourth-order valence-electron chi connectivity index (χ4n) is 2.83. The number of carbonyl (C=O) groups excluding carboxylic acids is 1. The predicted molar refractivity (Wildman–Crippen MR) is 109 cm³/mol. The van der Waals surface area contributed by atoms with Gasteiger partial charge < -0.3 is 9.72 Å². The van der Waals surface area contributed by atoms with Crippen LogP contribution in [0.1, 0.15) is 31.9 Å². The number of benzene rings is 2. The van der Waals surface area contributed by atoms with E-state index in [0.29, 0.717) is 22.3 Å². The van der Waals surface area contributed by atoms with Crippen molar-refractivity contribution >= 4 is 22.7 Å². The Morgan fingerprint density at radius 2 is 1.64 bits per heavy atom. The standard InChI is InChI=1S/C21H23N3O4/c1-12-10-16-17(11-13(12)2)23-19(26)24(18(16)25)15-8-6-14(7-9-15)22-20(27)28-21(3,4)5/h6-11H,1-5H3,(H,22,27)(H,23,26). The molecule has 7 nitrogen and oxygen atoms in total. The van der Waals surface area contributed by atoms with Crippen LogP contribution < -0.4 is 16.6 Å². The Bertz CT molecular complexity index is 1170. The minimum Gasteiger partial charge on any atom is -0.444 e. The van der Waals surface area contributed by atoms with E-state index in [2.05, 4.69) is 10.3 Å². The number of anilines is 1. The summed E-state index contributed by atoms with van der Waals surface area (Å²) in [6, 6.07) is 9.97. The second-order valence-electron chi connectivity index (χ2n) is 7.73. The minimum atomic E-state index is -0.605. The van der Waals surface area contributed by atoms with Crippen LogP contribution >= 0.6 is 0 Å². The number of nitrogens with one attached hydrogen (secondary N) is 2. The first kappa shape index (κ1) is 19.4. The molecule has 7 heteroatoms. The van der Waals surface area contributed by atoms with Gasteiger partial charge in [0.2, 0.25) is 0 Å². The second-order valence-corrected chi connectivity index (χ2v) is 7.73. The number of carbonyl (C=O) groups is 1. The van der Waals surface area contributed by atoms with Gasteiger partial charge in [0, 0.05) is 5.69 Å². The zero-order valence-corrected chi connectivity index (χ0v) is 16.5. The number of aromatic amines is 1. The lowest BCUT2D eigenvalue weighted by Gasteiger charge is -2.19. The first-order valence-corrected chi connectivity index (χ1v) is 8.92. The molecule has 0 aliphatic heterocycles. The third kappa shape index (κ3) is 3.98. The average Bonchev–Trinajstić information content (AvgIpc) is 2.57. The van der Waals surface area contributed by atoms with Crippen molar-refractivity contribution in [2.75, 3.05) is 5.32 Å². The molecule has 0 atom stereocenters. The molecular weight excluding hydrogens is 358 g/mol. The molecule has 0 aliphatic carbocycles. The highest BCUT2D eigenvalue weighted by atomic mass is 16.6. The predicted octanol–water partition coefficient (Wildman–Crippen LogP) is 3.64. The van der Waals surface area contributed by atoms with Gasteiger partial charge in [-0.15, -0.1) is 0 Å². The quantitative estimate of drug-likeness (QED) is 0.709. The zero-order chi connectivity index (χ0) is 20.6. The first-order chi connectivity index (χ1) is 13.0. The van der Waals surface area contributed by atoms with Crippen molar-refractivity contribution in [1.82, 2.24) is 9.55 Å². The van der Waals surface area contributed by atoms with Crippen molar-refractivity contribution in [1.29, 1.82) is 0 Å². The molecule has 1 amide bonds. The smallest absolute Gasteiger partial charge is 0.412 e. The maximum absolute atomic E-state index is 12.9. The van der Waals surface area contributed by atoms with Crippen LogP contribution in [0.3, 0.4) is 0 Å². The fourth-order valence-corrected chi connectivity index (χ4v) is 2.83. The number of H-pyrrole nitrogens is 1. The van der Waals surface area contributed by atoms with Gasteiger partial charge >= 0.3 is 11.8 Å². The SMILES string of the molecule is Cc1cc2[nH]c(=O)n(-c3ccc(NC(=O)OC(C)(C)C)cc3)c(=O)c2cc1C. The lowest BCUT2D eigenvalue weighted by Crippen LogP contribution is -2.33. The summed E-state index contributed by atoms with van der Waals surface area (Å²) < 4.78 is 6.28. The largest absolute Gasteiger partial charge is 0.444 e. The van der Waals surface area contributed by atoms with Gasteiger partial charge in [-0.2, -0.15) is 0 Å². The summed E-state index contributed by atoms with van der Waals surface area (Å²) in [7, 11) is 0. The van der Waals surface area contributed by atoms with E-state index in [1.807, 2.05) is 13.8 Å². The number of rotatable bonds is 2. The van der Waals surface area contributed by atoms with Gasteiger partial charge in [-0.3, -0.25) is 10.1 Å². The molecule has 0 fully saturated rings. The Labute approximate surface area is 162 Å². The highest BCUT2D eigenvalue weighted by molar-refractivity contribution is 5.85. The molecule has 0 spiro atoms. The van der Waals surface area contributed by atoms with Crippen molar-refractivity contribution in [3.05, 3.63) is 68.4 Å². The Kier molecular flexibility index (Phi) is 4.85. The highest BCUT2D eigenvalue weighted by Crippen LogP contribution is 2.16. The number of aryl methyl sites for hydroxylation is 2. The monoisotopic (exact) mass is 381 g/mol. The zero-order valence-electron chi connectivity index (χ0n) is 16.5. The van der Waals surface area contributed by atoms with Gasteiger partial charge in [-0.05, 0) is 82.1 Å². The summed E-state index contributed by atoms with van der Waals surface area (Å²) >= 11 is 0. The van der Waals surface area contributed by atoms with Crippen LogP contribution in [0.2, 0.25) is 0 Å². The average molecular weight is 381 g/mol. The van der Waals surface area contributed by atoms with Gasteiger partial charge in [0.15, 0.2) is 0 Å². The van der Waals surface area contributed by atoms with E-state index in [0.717, 1.165) is 15.7 Å². The fraction of sp³-hybridized carbons (Fsp3) is 0.286. The Morgan fingerprint density at radius 1 is 1.04 bits per heavy atom. The molecule has 2 N–H and O–H groups in total. The van der Waals surface area contributed by atoms with E-state index in [1.54, 1.807) is 57.2 Å². The maximum atomic E-state index is 12.9. The normalized spacial score (nSPS) is 11.5. The van der Waals surface area contributed by atoms with Gasteiger partial charge in [-0.25, -0.2) is 14.2 Å². The molecule has 2 aromatic carbocycles. The molecule has 0 saturated carbocycles. The van der Waals surface area contributed by atoms with Crippen molar-refractivity contribution in [3.8, 4) is 5.69 Å². The van der Waals surface area contributed by atoms with Crippen LogP contribution in [0.4, 0.5) is 10.5 Å². The van der Waals surface area contributed by atoms with E-state index >= 15 is 0 Å². The molecule has 0 saturated heterocycles. The van der Waals surface area contributed by atoms with Gasteiger partial charge in [0.05, 0.1) is 16.6 Å². The van der Waals surface area contributed by atoms with Crippen LogP contribution in [-0.4, -0.2) is 21.2 Å². The Hall–Kier alpha value is -3.35. The van der Waals surface area contributed by atoms with E-state index in [9.17, 15) is 14.4 Å². The van der Waals surface area contributed by atoms with Gasteiger partial charge in [0.1, 0.15) is 5.60 Å². The van der Waals surface area contributed by atoms with Crippen molar-refractivity contribution in [3.63, 3.8) is 0 Å². The van der Waals surface area contributed by atoms with Gasteiger partial charge in [-0.1, -0.05) is 0 Å². The minimum absolute atomic E-state index is 0.394. The maximum Gasteiger partial charge on any atom is 0.412 e. The van der Waals surface area contributed by atoms with E-state index < -0.39 is 22.9 Å². The summed E-state index contributed by atoms with van der Waals surface area (Å²) in [6.07, 6.45) is -0.577. The number of amides is 1. The summed E-state index contributed by atoms with van der Waals surface area (Å²) in [5.74, 6) is 0. The molecule has 1 aromatic heterocycles. The summed E-state index contributed by atoms with van der Waals surface area (Å²) in [6.45, 7) is 9.17. The molecular formula is C21H23N3O4. The molecule has 28 heavy (non-hydrogen) atoms. The molecule has 3 rings (SSSR count). The number of hydrogen-bond acceptors (Lipinski definition) is 4. The van der Waals surface area contributed by atoms with Crippen LogP contribution in [0.15, 0.2) is 46.0 Å². The molecule has 0 bridgehead atoms. The van der Waals surface area contributed by atoms with Crippen LogP contribution in [0, 0.1) is 13.8 Å². The lowest BCUT2D eigenvalue weighted by molar-refractivity contribution is 0.0636. The second kappa shape index (κ2) is 6.99. The van der Waals surface area contributed by atoms with E-state index in [-0.39, 0.29) is 0 Å². The molecule has 0 unspecified atom stereocenters. The van der Waals surface area contributed by atoms with Crippen LogP contribution in [-0.2, 0) is 4.74 Å². The molecule has 0 aliphatic rings. The molecule has 146 valence electrons. The molecule has 0 radical (unpaired) electrons. The third-order valence-electron chi connectivity index (χ3n) is 4.28. The number of nitrogens with zero attached hydrogens (tertiary/aromatic N) is 1. The summed E-state index contributed by atoms with van der Waals surface area (Å²) in [4.78, 5) is 40.0. The summed E-state index contributed by atoms with van der Waals surface area (Å²) in [5, 5.41) is 3.06. The highest BCUT2D eigenvalue weighted by Gasteiger charge is 2.16. The molecule has 3 aromatic rings. The Morgan fingerprint density at radius 3 is 2.25 bits per heavy atom. The molecule has 1 heterocycles. The number of fused-ring (bicyclic) bond motifs is 1. The number of aromatic nitrogens is 2. The summed E-state index contributed by atoms with van der Waals surface area (Å²) in [5.41, 5.74) is 1.86. The van der Waals surface area contributed by atoms with Crippen LogP contribution in [0.5, 0.6) is 0 Å². The van der Waals surface area contributed by atoms with Crippen molar-refractivity contribution in [2.45, 2.75) is 40.2 Å². The Balaban J connectivity index is 1.97. The lowest BCUT2D eigenvalue weighted by atomic mass is 10.1. The van der Waals surface area contributed by atoms with Crippen molar-refractivity contribution in [2.24, 2.45) is 0 Å². The third-order valence-corrected chi connectivity index (χ3v) is 4.28. The number of ether oxygens (including phenoxy) is 1. The van der Waals surface area contributed by atoms with Gasteiger partial charge in [0.25, 0.3) is 5.56 Å². The van der Waals surface area contributed by atoms with Crippen molar-refractivity contribution < 1.29 is 9.53 Å². The van der Waals surface area contributed by atoms with E-state index in [1.165, 1.54) is 0 Å². The van der Waals surface area contributed by atoms with E-state index in [4.69, 9.17) is 4.74 Å². The first-order valence-electron chi connectivity index (χ1n) is 8.92.